The van der Waals surface area contributed by atoms with Crippen molar-refractivity contribution in [3.63, 3.8) is 0 Å². The molecule has 1 atom stereocenters. The van der Waals surface area contributed by atoms with Crippen LogP contribution in [0.5, 0.6) is 5.75 Å². The molecule has 0 fully saturated rings. The minimum atomic E-state index is -0.181. The van der Waals surface area contributed by atoms with E-state index in [1.165, 1.54) is 0 Å². The number of nitrogens with zero attached hydrogens (tertiary/aromatic N) is 1. The standard InChI is InChI=1S/C19H18N2O2/c1-13(14-6-4-3-5-7-14)20-19(22)18-10-8-15-12-16(23-2)9-11-17(15)21-18/h3-13H,1-2H3,(H,20,22)/t13-/m0/s1. The van der Waals surface area contributed by atoms with E-state index in [0.29, 0.717) is 5.69 Å². The van der Waals surface area contributed by atoms with Gasteiger partial charge in [0, 0.05) is 5.39 Å². The van der Waals surface area contributed by atoms with E-state index in [4.69, 9.17) is 4.74 Å². The molecular formula is C19H18N2O2. The van der Waals surface area contributed by atoms with Crippen molar-refractivity contribution in [1.82, 2.24) is 10.3 Å². The van der Waals surface area contributed by atoms with Crippen LogP contribution in [0, 0.1) is 0 Å². The number of carbonyl (C=O) groups excluding carboxylic acids is 1. The number of ether oxygens (including phenoxy) is 1. The highest BCUT2D eigenvalue weighted by Crippen LogP contribution is 2.20. The van der Waals surface area contributed by atoms with Crippen molar-refractivity contribution < 1.29 is 9.53 Å². The maximum absolute atomic E-state index is 12.4. The molecule has 116 valence electrons. The summed E-state index contributed by atoms with van der Waals surface area (Å²) < 4.78 is 5.19. The fraction of sp³-hybridized carbons (Fsp3) is 0.158. The molecule has 0 saturated heterocycles. The monoisotopic (exact) mass is 306 g/mol. The number of carbonyl (C=O) groups is 1. The quantitative estimate of drug-likeness (QED) is 0.799. The Kier molecular flexibility index (Phi) is 4.24. The first-order valence-corrected chi connectivity index (χ1v) is 7.48. The number of methoxy groups -OCH3 is 1. The lowest BCUT2D eigenvalue weighted by atomic mass is 10.1. The maximum atomic E-state index is 12.4. The molecule has 1 heterocycles. The molecule has 1 aromatic heterocycles. The molecule has 0 aliphatic carbocycles. The first-order valence-electron chi connectivity index (χ1n) is 7.48. The number of amides is 1. The van der Waals surface area contributed by atoms with Crippen LogP contribution in [0.25, 0.3) is 10.9 Å². The second-order valence-electron chi connectivity index (χ2n) is 5.36. The van der Waals surface area contributed by atoms with E-state index in [1.54, 1.807) is 13.2 Å². The number of hydrogen-bond acceptors (Lipinski definition) is 3. The summed E-state index contributed by atoms with van der Waals surface area (Å²) in [5.74, 6) is 0.591. The van der Waals surface area contributed by atoms with Gasteiger partial charge in [-0.1, -0.05) is 36.4 Å². The fourth-order valence-electron chi connectivity index (χ4n) is 2.45. The molecular weight excluding hydrogens is 288 g/mol. The van der Waals surface area contributed by atoms with Gasteiger partial charge < -0.3 is 10.1 Å². The number of benzene rings is 2. The highest BCUT2D eigenvalue weighted by atomic mass is 16.5. The molecule has 1 N–H and O–H groups in total. The minimum absolute atomic E-state index is 0.0722. The molecule has 0 aliphatic rings. The van der Waals surface area contributed by atoms with Crippen LogP contribution in [0.2, 0.25) is 0 Å². The average Bonchev–Trinajstić information content (AvgIpc) is 2.61. The fourth-order valence-corrected chi connectivity index (χ4v) is 2.45. The van der Waals surface area contributed by atoms with Crippen LogP contribution in [-0.4, -0.2) is 18.0 Å². The van der Waals surface area contributed by atoms with Crippen LogP contribution in [-0.2, 0) is 0 Å². The molecule has 2 aromatic carbocycles. The van der Waals surface area contributed by atoms with Gasteiger partial charge in [-0.3, -0.25) is 4.79 Å². The molecule has 0 unspecified atom stereocenters. The largest absolute Gasteiger partial charge is 0.497 e. The van der Waals surface area contributed by atoms with Gasteiger partial charge in [-0.05, 0) is 36.8 Å². The molecule has 4 nitrogen and oxygen atoms in total. The summed E-state index contributed by atoms with van der Waals surface area (Å²) in [6.45, 7) is 1.96. The van der Waals surface area contributed by atoms with Gasteiger partial charge in [0.2, 0.25) is 0 Å². The molecule has 0 bridgehead atoms. The second-order valence-corrected chi connectivity index (χ2v) is 5.36. The van der Waals surface area contributed by atoms with Gasteiger partial charge in [0.15, 0.2) is 0 Å². The van der Waals surface area contributed by atoms with Crippen molar-refractivity contribution >= 4 is 16.8 Å². The summed E-state index contributed by atoms with van der Waals surface area (Å²) in [5.41, 5.74) is 2.24. The Morgan fingerprint density at radius 2 is 1.87 bits per heavy atom. The Balaban J connectivity index is 1.81. The third kappa shape index (κ3) is 3.31. The zero-order chi connectivity index (χ0) is 16.2. The lowest BCUT2D eigenvalue weighted by Gasteiger charge is -2.14. The Bertz CT molecular complexity index is 831. The summed E-state index contributed by atoms with van der Waals surface area (Å²) >= 11 is 0. The Hall–Kier alpha value is -2.88. The Morgan fingerprint density at radius 3 is 2.61 bits per heavy atom. The summed E-state index contributed by atoms with van der Waals surface area (Å²) in [6, 6.07) is 19.0. The Morgan fingerprint density at radius 1 is 1.09 bits per heavy atom. The van der Waals surface area contributed by atoms with Gasteiger partial charge in [-0.25, -0.2) is 4.98 Å². The highest BCUT2D eigenvalue weighted by molar-refractivity contribution is 5.95. The number of aromatic nitrogens is 1. The minimum Gasteiger partial charge on any atom is -0.497 e. The third-order valence-corrected chi connectivity index (χ3v) is 3.78. The summed E-state index contributed by atoms with van der Waals surface area (Å²) in [7, 11) is 1.63. The van der Waals surface area contributed by atoms with Crippen LogP contribution in [0.4, 0.5) is 0 Å². The molecule has 0 aliphatic heterocycles. The van der Waals surface area contributed by atoms with Crippen LogP contribution in [0.3, 0.4) is 0 Å². The van der Waals surface area contributed by atoms with Gasteiger partial charge >= 0.3 is 0 Å². The lowest BCUT2D eigenvalue weighted by Crippen LogP contribution is -2.27. The number of rotatable bonds is 4. The van der Waals surface area contributed by atoms with Crippen molar-refractivity contribution in [1.29, 1.82) is 0 Å². The van der Waals surface area contributed by atoms with E-state index in [-0.39, 0.29) is 11.9 Å². The van der Waals surface area contributed by atoms with E-state index >= 15 is 0 Å². The van der Waals surface area contributed by atoms with Gasteiger partial charge in [0.25, 0.3) is 5.91 Å². The van der Waals surface area contributed by atoms with Crippen molar-refractivity contribution in [2.45, 2.75) is 13.0 Å². The normalized spacial score (nSPS) is 11.9. The number of fused-ring (bicyclic) bond motifs is 1. The maximum Gasteiger partial charge on any atom is 0.270 e. The number of hydrogen-bond donors (Lipinski definition) is 1. The Labute approximate surface area is 135 Å². The molecule has 3 aromatic rings. The van der Waals surface area contributed by atoms with Crippen LogP contribution in [0.1, 0.15) is 29.0 Å². The number of nitrogens with one attached hydrogen (secondary N) is 1. The van der Waals surface area contributed by atoms with Gasteiger partial charge in [-0.15, -0.1) is 0 Å². The van der Waals surface area contributed by atoms with E-state index in [1.807, 2.05) is 61.5 Å². The van der Waals surface area contributed by atoms with Gasteiger partial charge in [0.05, 0.1) is 18.7 Å². The van der Waals surface area contributed by atoms with Crippen LogP contribution < -0.4 is 10.1 Å². The molecule has 0 saturated carbocycles. The van der Waals surface area contributed by atoms with Crippen molar-refractivity contribution in [3.05, 3.63) is 71.9 Å². The third-order valence-electron chi connectivity index (χ3n) is 3.78. The summed E-state index contributed by atoms with van der Waals surface area (Å²) in [6.07, 6.45) is 0. The zero-order valence-electron chi connectivity index (χ0n) is 13.1. The lowest BCUT2D eigenvalue weighted by molar-refractivity contribution is 0.0935. The van der Waals surface area contributed by atoms with Crippen LogP contribution in [0.15, 0.2) is 60.7 Å². The smallest absolute Gasteiger partial charge is 0.270 e. The molecule has 1 amide bonds. The number of pyridine rings is 1. The topological polar surface area (TPSA) is 51.2 Å². The summed E-state index contributed by atoms with van der Waals surface area (Å²) in [5, 5.41) is 3.92. The summed E-state index contributed by atoms with van der Waals surface area (Å²) in [4.78, 5) is 16.8. The predicted molar refractivity (Wildman–Crippen MR) is 90.6 cm³/mol. The van der Waals surface area contributed by atoms with Crippen LogP contribution >= 0.6 is 0 Å². The first kappa shape index (κ1) is 15.0. The van der Waals surface area contributed by atoms with Crippen molar-refractivity contribution in [2.24, 2.45) is 0 Å². The van der Waals surface area contributed by atoms with E-state index in [0.717, 1.165) is 22.2 Å². The van der Waals surface area contributed by atoms with Gasteiger partial charge in [0.1, 0.15) is 11.4 Å². The zero-order valence-corrected chi connectivity index (χ0v) is 13.1. The van der Waals surface area contributed by atoms with Crippen molar-refractivity contribution in [3.8, 4) is 5.75 Å². The van der Waals surface area contributed by atoms with Gasteiger partial charge in [-0.2, -0.15) is 0 Å². The van der Waals surface area contributed by atoms with E-state index < -0.39 is 0 Å². The molecule has 0 radical (unpaired) electrons. The highest BCUT2D eigenvalue weighted by Gasteiger charge is 2.13. The second kappa shape index (κ2) is 6.48. The average molecular weight is 306 g/mol. The first-order chi connectivity index (χ1) is 11.2. The molecule has 23 heavy (non-hydrogen) atoms. The van der Waals surface area contributed by atoms with Crippen molar-refractivity contribution in [2.75, 3.05) is 7.11 Å². The SMILES string of the molecule is COc1ccc2nc(C(=O)N[C@@H](C)c3ccccc3)ccc2c1. The molecule has 3 rings (SSSR count). The van der Waals surface area contributed by atoms with E-state index in [9.17, 15) is 4.79 Å². The van der Waals surface area contributed by atoms with E-state index in [2.05, 4.69) is 10.3 Å². The molecule has 0 spiro atoms. The molecule has 4 heteroatoms. The predicted octanol–water partition coefficient (Wildman–Crippen LogP) is 3.73.